The Balaban J connectivity index is 1.76. The number of likely N-dealkylation sites (tertiary alicyclic amines) is 1. The third kappa shape index (κ3) is 4.63. The molecule has 1 unspecified atom stereocenters. The van der Waals surface area contributed by atoms with Gasteiger partial charge in [0.1, 0.15) is 11.6 Å². The molecule has 0 bridgehead atoms. The van der Waals surface area contributed by atoms with Crippen molar-refractivity contribution in [1.29, 1.82) is 0 Å². The summed E-state index contributed by atoms with van der Waals surface area (Å²) in [5, 5.41) is 7.05. The first-order chi connectivity index (χ1) is 13.3. The fourth-order valence-electron chi connectivity index (χ4n) is 3.46. The molecule has 0 aliphatic carbocycles. The number of halogens is 2. The fraction of sp³-hybridized carbons (Fsp3) is 0.579. The Labute approximate surface area is 163 Å². The number of amides is 1. The van der Waals surface area contributed by atoms with Crippen LogP contribution in [0.5, 0.6) is 0 Å². The van der Waals surface area contributed by atoms with Gasteiger partial charge in [0.25, 0.3) is 5.91 Å². The van der Waals surface area contributed by atoms with Gasteiger partial charge in [0.15, 0.2) is 0 Å². The van der Waals surface area contributed by atoms with E-state index in [0.717, 1.165) is 49.0 Å². The standard InChI is InChI=1S/C19H26F2N6O/c1-12-13(2)23-14(3)24-17(12)25-16-7-5-4-6-8-26(11-16)18(28)15-9-22-27(10-15)19(20)21/h9-10,16,19H,4-8,11H2,1-3H3,(H,23,24,25). The molecule has 2 aromatic rings. The minimum atomic E-state index is -2.75. The van der Waals surface area contributed by atoms with Crippen molar-refractivity contribution in [2.75, 3.05) is 18.4 Å². The summed E-state index contributed by atoms with van der Waals surface area (Å²) in [5.41, 5.74) is 2.10. The van der Waals surface area contributed by atoms with Crippen molar-refractivity contribution in [1.82, 2.24) is 24.6 Å². The predicted molar refractivity (Wildman–Crippen MR) is 102 cm³/mol. The van der Waals surface area contributed by atoms with Gasteiger partial charge in [-0.3, -0.25) is 4.79 Å². The number of nitrogens with zero attached hydrogens (tertiary/aromatic N) is 5. The molecule has 1 amide bonds. The van der Waals surface area contributed by atoms with E-state index in [9.17, 15) is 13.6 Å². The van der Waals surface area contributed by atoms with Crippen LogP contribution in [-0.2, 0) is 0 Å². The van der Waals surface area contributed by atoms with Crippen LogP contribution in [-0.4, -0.2) is 49.7 Å². The molecule has 9 heteroatoms. The van der Waals surface area contributed by atoms with E-state index >= 15 is 0 Å². The molecule has 1 fully saturated rings. The number of carbonyl (C=O) groups is 1. The van der Waals surface area contributed by atoms with Gasteiger partial charge >= 0.3 is 6.55 Å². The Morgan fingerprint density at radius 2 is 2.00 bits per heavy atom. The number of carbonyl (C=O) groups excluding carboxylic acids is 1. The van der Waals surface area contributed by atoms with Gasteiger partial charge in [0.2, 0.25) is 0 Å². The van der Waals surface area contributed by atoms with Crippen molar-refractivity contribution < 1.29 is 13.6 Å². The van der Waals surface area contributed by atoms with E-state index in [0.29, 0.717) is 23.6 Å². The average molecular weight is 392 g/mol. The number of aromatic nitrogens is 4. The number of hydrogen-bond acceptors (Lipinski definition) is 5. The van der Waals surface area contributed by atoms with E-state index in [1.54, 1.807) is 4.90 Å². The van der Waals surface area contributed by atoms with Gasteiger partial charge < -0.3 is 10.2 Å². The number of nitrogens with one attached hydrogen (secondary N) is 1. The van der Waals surface area contributed by atoms with Crippen molar-refractivity contribution in [3.8, 4) is 0 Å². The molecule has 152 valence electrons. The third-order valence-corrected chi connectivity index (χ3v) is 5.10. The number of aryl methyl sites for hydroxylation is 2. The van der Waals surface area contributed by atoms with E-state index in [1.165, 1.54) is 6.20 Å². The van der Waals surface area contributed by atoms with Crippen LogP contribution in [0.4, 0.5) is 14.6 Å². The minimum Gasteiger partial charge on any atom is -0.365 e. The summed E-state index contributed by atoms with van der Waals surface area (Å²) in [4.78, 5) is 23.5. The normalized spacial score (nSPS) is 18.1. The molecule has 7 nitrogen and oxygen atoms in total. The second-order valence-corrected chi connectivity index (χ2v) is 7.26. The highest BCUT2D eigenvalue weighted by atomic mass is 19.3. The molecule has 1 saturated heterocycles. The molecule has 1 aliphatic heterocycles. The van der Waals surface area contributed by atoms with Crippen LogP contribution in [0.1, 0.15) is 59.7 Å². The summed E-state index contributed by atoms with van der Waals surface area (Å²) in [5.74, 6) is 1.21. The maximum Gasteiger partial charge on any atom is 0.333 e. The molecule has 0 spiro atoms. The highest BCUT2D eigenvalue weighted by Gasteiger charge is 2.24. The maximum absolute atomic E-state index is 12.8. The zero-order chi connectivity index (χ0) is 20.3. The van der Waals surface area contributed by atoms with Crippen LogP contribution >= 0.6 is 0 Å². The molecule has 2 aromatic heterocycles. The molecule has 3 rings (SSSR count). The summed E-state index contributed by atoms with van der Waals surface area (Å²) >= 11 is 0. The van der Waals surface area contributed by atoms with Gasteiger partial charge in [-0.15, -0.1) is 0 Å². The zero-order valence-electron chi connectivity index (χ0n) is 16.5. The number of anilines is 1. The summed E-state index contributed by atoms with van der Waals surface area (Å²) < 4.78 is 26.0. The Morgan fingerprint density at radius 3 is 2.71 bits per heavy atom. The number of hydrogen-bond donors (Lipinski definition) is 1. The third-order valence-electron chi connectivity index (χ3n) is 5.10. The zero-order valence-corrected chi connectivity index (χ0v) is 16.5. The Morgan fingerprint density at radius 1 is 1.21 bits per heavy atom. The fourth-order valence-corrected chi connectivity index (χ4v) is 3.46. The van der Waals surface area contributed by atoms with Crippen LogP contribution in [0.25, 0.3) is 0 Å². The monoisotopic (exact) mass is 392 g/mol. The molecular formula is C19H26F2N6O. The summed E-state index contributed by atoms with van der Waals surface area (Å²) in [6.45, 7) is 4.10. The van der Waals surface area contributed by atoms with Crippen molar-refractivity contribution in [2.45, 2.75) is 59.0 Å². The van der Waals surface area contributed by atoms with Crippen LogP contribution in [0.2, 0.25) is 0 Å². The van der Waals surface area contributed by atoms with Crippen LogP contribution < -0.4 is 5.32 Å². The van der Waals surface area contributed by atoms with Gasteiger partial charge in [-0.1, -0.05) is 12.8 Å². The first-order valence-corrected chi connectivity index (χ1v) is 9.55. The second-order valence-electron chi connectivity index (χ2n) is 7.26. The summed E-state index contributed by atoms with van der Waals surface area (Å²) in [7, 11) is 0. The predicted octanol–water partition coefficient (Wildman–Crippen LogP) is 3.49. The molecule has 1 N–H and O–H groups in total. The SMILES string of the molecule is Cc1nc(C)c(C)c(NC2CCCCCN(C(=O)c3cnn(C(F)F)c3)C2)n1. The lowest BCUT2D eigenvalue weighted by Gasteiger charge is -2.31. The van der Waals surface area contributed by atoms with Crippen molar-refractivity contribution in [3.05, 3.63) is 35.0 Å². The number of rotatable bonds is 4. The van der Waals surface area contributed by atoms with E-state index in [1.807, 2.05) is 20.8 Å². The smallest absolute Gasteiger partial charge is 0.333 e. The maximum atomic E-state index is 12.8. The van der Waals surface area contributed by atoms with Crippen molar-refractivity contribution >= 4 is 11.7 Å². The van der Waals surface area contributed by atoms with E-state index < -0.39 is 6.55 Å². The molecule has 0 aromatic carbocycles. The van der Waals surface area contributed by atoms with Gasteiger partial charge in [0, 0.05) is 36.6 Å². The average Bonchev–Trinajstić information content (AvgIpc) is 3.11. The van der Waals surface area contributed by atoms with Gasteiger partial charge in [-0.05, 0) is 33.6 Å². The first kappa shape index (κ1) is 20.2. The first-order valence-electron chi connectivity index (χ1n) is 9.55. The molecule has 28 heavy (non-hydrogen) atoms. The molecule has 0 radical (unpaired) electrons. The molecule has 0 saturated carbocycles. The Hall–Kier alpha value is -2.58. The van der Waals surface area contributed by atoms with Crippen LogP contribution in [0.15, 0.2) is 12.4 Å². The minimum absolute atomic E-state index is 0.0294. The lowest BCUT2D eigenvalue weighted by molar-refractivity contribution is 0.0563. The van der Waals surface area contributed by atoms with Crippen molar-refractivity contribution in [3.63, 3.8) is 0 Å². The van der Waals surface area contributed by atoms with E-state index in [-0.39, 0.29) is 17.5 Å². The van der Waals surface area contributed by atoms with E-state index in [4.69, 9.17) is 0 Å². The summed E-state index contributed by atoms with van der Waals surface area (Å²) in [6.07, 6.45) is 6.18. The molecule has 1 aliphatic rings. The highest BCUT2D eigenvalue weighted by Crippen LogP contribution is 2.21. The molecule has 1 atom stereocenters. The quantitative estimate of drug-likeness (QED) is 0.862. The van der Waals surface area contributed by atoms with Gasteiger partial charge in [-0.2, -0.15) is 13.9 Å². The summed E-state index contributed by atoms with van der Waals surface area (Å²) in [6, 6.07) is 0.0294. The van der Waals surface area contributed by atoms with E-state index in [2.05, 4.69) is 20.4 Å². The largest absolute Gasteiger partial charge is 0.365 e. The highest BCUT2D eigenvalue weighted by molar-refractivity contribution is 5.93. The van der Waals surface area contributed by atoms with Crippen molar-refractivity contribution in [2.24, 2.45) is 0 Å². The molecule has 3 heterocycles. The van der Waals surface area contributed by atoms with Gasteiger partial charge in [0.05, 0.1) is 11.8 Å². The Bertz CT molecular complexity index is 838. The molecular weight excluding hydrogens is 366 g/mol. The lowest BCUT2D eigenvalue weighted by atomic mass is 10.0. The topological polar surface area (TPSA) is 75.9 Å². The van der Waals surface area contributed by atoms with Crippen LogP contribution in [0.3, 0.4) is 0 Å². The van der Waals surface area contributed by atoms with Gasteiger partial charge in [-0.25, -0.2) is 14.6 Å². The lowest BCUT2D eigenvalue weighted by Crippen LogP contribution is -2.42. The number of alkyl halides is 2. The second kappa shape index (κ2) is 8.62. The Kier molecular flexibility index (Phi) is 6.21. The van der Waals surface area contributed by atoms with Crippen LogP contribution in [0, 0.1) is 20.8 Å².